The third-order valence-electron chi connectivity index (χ3n) is 4.89. The van der Waals surface area contributed by atoms with Gasteiger partial charge in [0.25, 0.3) is 0 Å². The summed E-state index contributed by atoms with van der Waals surface area (Å²) in [6.45, 7) is 4.34. The molecule has 2 aliphatic heterocycles. The average molecular weight is 328 g/mol. The summed E-state index contributed by atoms with van der Waals surface area (Å²) in [7, 11) is 1.84. The summed E-state index contributed by atoms with van der Waals surface area (Å²) in [6.07, 6.45) is 4.20. The Morgan fingerprint density at radius 2 is 2.29 bits per heavy atom. The highest BCUT2D eigenvalue weighted by atomic mass is 16.5. The number of amides is 2. The largest absolute Gasteiger partial charge is 0.508 e. The summed E-state index contributed by atoms with van der Waals surface area (Å²) in [6, 6.07) is 2.99. The number of hydrogen-bond donors (Lipinski definition) is 2. The molecule has 7 nitrogen and oxygen atoms in total. The highest BCUT2D eigenvalue weighted by molar-refractivity contribution is 5.78. The molecule has 126 valence electrons. The Bertz CT molecular complexity index is 831. The van der Waals surface area contributed by atoms with Crippen molar-refractivity contribution in [2.24, 2.45) is 7.05 Å². The quantitative estimate of drug-likeness (QED) is 0.885. The van der Waals surface area contributed by atoms with E-state index in [2.05, 4.69) is 10.4 Å². The van der Waals surface area contributed by atoms with Crippen LogP contribution in [-0.4, -0.2) is 32.4 Å². The number of nitrogens with one attached hydrogen (secondary N) is 1. The molecule has 2 atom stereocenters. The van der Waals surface area contributed by atoms with Crippen LogP contribution in [0.3, 0.4) is 0 Å². The number of aryl methyl sites for hydroxylation is 2. The first-order valence-corrected chi connectivity index (χ1v) is 8.04. The second-order valence-corrected chi connectivity index (χ2v) is 6.41. The molecule has 1 aromatic heterocycles. The molecule has 1 fully saturated rings. The van der Waals surface area contributed by atoms with E-state index in [1.165, 1.54) is 0 Å². The molecule has 2 aliphatic rings. The minimum atomic E-state index is -0.913. The number of benzene rings is 1. The molecular weight excluding hydrogens is 308 g/mol. The maximum Gasteiger partial charge on any atom is 0.321 e. The minimum Gasteiger partial charge on any atom is -0.508 e. The normalized spacial score (nSPS) is 25.0. The summed E-state index contributed by atoms with van der Waals surface area (Å²) < 4.78 is 8.08. The molecule has 24 heavy (non-hydrogen) atoms. The number of carbonyl (C=O) groups is 1. The van der Waals surface area contributed by atoms with Crippen LogP contribution in [0.1, 0.15) is 36.1 Å². The smallest absolute Gasteiger partial charge is 0.321 e. The molecule has 0 radical (unpaired) electrons. The van der Waals surface area contributed by atoms with Crippen molar-refractivity contribution in [1.29, 1.82) is 0 Å². The van der Waals surface area contributed by atoms with E-state index < -0.39 is 5.72 Å². The molecular formula is C17H20N4O3. The average Bonchev–Trinajstić information content (AvgIpc) is 2.93. The number of carbonyl (C=O) groups excluding carboxylic acids is 1. The Morgan fingerprint density at radius 3 is 2.96 bits per heavy atom. The topological polar surface area (TPSA) is 79.6 Å². The Morgan fingerprint density at radius 1 is 1.50 bits per heavy atom. The fourth-order valence-corrected chi connectivity index (χ4v) is 3.92. The van der Waals surface area contributed by atoms with Crippen LogP contribution in [0.25, 0.3) is 0 Å². The van der Waals surface area contributed by atoms with Gasteiger partial charge in [0.15, 0.2) is 0 Å². The van der Waals surface area contributed by atoms with E-state index in [0.29, 0.717) is 18.7 Å². The van der Waals surface area contributed by atoms with Crippen LogP contribution in [0.2, 0.25) is 0 Å². The molecule has 0 spiro atoms. The lowest BCUT2D eigenvalue weighted by Gasteiger charge is -2.52. The van der Waals surface area contributed by atoms with Gasteiger partial charge >= 0.3 is 6.03 Å². The van der Waals surface area contributed by atoms with E-state index in [0.717, 1.165) is 16.7 Å². The van der Waals surface area contributed by atoms with E-state index >= 15 is 0 Å². The van der Waals surface area contributed by atoms with Crippen LogP contribution < -0.4 is 10.1 Å². The van der Waals surface area contributed by atoms with E-state index in [9.17, 15) is 9.90 Å². The van der Waals surface area contributed by atoms with Gasteiger partial charge < -0.3 is 15.2 Å². The fourth-order valence-electron chi connectivity index (χ4n) is 3.92. The van der Waals surface area contributed by atoms with Crippen LogP contribution in [-0.2, 0) is 12.8 Å². The number of rotatable bonds is 2. The molecule has 2 aromatic rings. The van der Waals surface area contributed by atoms with Crippen molar-refractivity contribution in [3.05, 3.63) is 41.2 Å². The van der Waals surface area contributed by atoms with E-state index in [1.54, 1.807) is 27.9 Å². The predicted octanol–water partition coefficient (Wildman–Crippen LogP) is 2.16. The van der Waals surface area contributed by atoms with E-state index in [4.69, 9.17) is 4.74 Å². The molecule has 2 N–H and O–H groups in total. The Hall–Kier alpha value is -2.70. The number of aromatic hydroxyl groups is 1. The second kappa shape index (κ2) is 4.90. The molecule has 1 saturated heterocycles. The Balaban J connectivity index is 1.94. The lowest BCUT2D eigenvalue weighted by molar-refractivity contribution is -0.103. The number of aromatic nitrogens is 2. The fraction of sp³-hybridized carbons (Fsp3) is 0.412. The van der Waals surface area contributed by atoms with Gasteiger partial charge in [-0.25, -0.2) is 4.79 Å². The van der Waals surface area contributed by atoms with Gasteiger partial charge in [-0.05, 0) is 25.5 Å². The zero-order valence-corrected chi connectivity index (χ0v) is 13.9. The van der Waals surface area contributed by atoms with Gasteiger partial charge in [0.2, 0.25) is 5.72 Å². The number of nitrogens with zero attached hydrogens (tertiary/aromatic N) is 3. The SMILES string of the molecule is CCN1C(=O)NC2CC1(c1cnn(C)c1)Oc1cc(O)cc(C)c12. The van der Waals surface area contributed by atoms with Crippen molar-refractivity contribution in [1.82, 2.24) is 20.0 Å². The Labute approximate surface area is 139 Å². The third-order valence-corrected chi connectivity index (χ3v) is 4.89. The Kier molecular flexibility index (Phi) is 3.03. The highest BCUT2D eigenvalue weighted by Crippen LogP contribution is 2.50. The van der Waals surface area contributed by atoms with Crippen molar-refractivity contribution in [3.63, 3.8) is 0 Å². The maximum absolute atomic E-state index is 12.7. The molecule has 2 bridgehead atoms. The second-order valence-electron chi connectivity index (χ2n) is 6.41. The summed E-state index contributed by atoms with van der Waals surface area (Å²) in [5.74, 6) is 0.757. The summed E-state index contributed by atoms with van der Waals surface area (Å²) in [5, 5.41) is 17.3. The first-order valence-electron chi connectivity index (χ1n) is 8.04. The molecule has 4 rings (SSSR count). The zero-order valence-electron chi connectivity index (χ0n) is 13.9. The van der Waals surface area contributed by atoms with Crippen LogP contribution in [0.15, 0.2) is 24.5 Å². The number of phenols is 1. The molecule has 7 heteroatoms. The van der Waals surface area contributed by atoms with Crippen molar-refractivity contribution >= 4 is 6.03 Å². The lowest BCUT2D eigenvalue weighted by atomic mass is 9.84. The van der Waals surface area contributed by atoms with Gasteiger partial charge in [0.1, 0.15) is 11.5 Å². The zero-order chi connectivity index (χ0) is 17.1. The van der Waals surface area contributed by atoms with Crippen molar-refractivity contribution in [2.75, 3.05) is 6.54 Å². The van der Waals surface area contributed by atoms with Gasteiger partial charge in [0, 0.05) is 37.8 Å². The standard InChI is InChI=1S/C17H20N4O3/c1-4-21-16(23)19-13-7-17(21,11-8-18-20(3)9-11)24-14-6-12(22)5-10(2)15(13)14/h5-6,8-9,13,22H,4,7H2,1-3H3,(H,19,23). The first-order chi connectivity index (χ1) is 11.4. The van der Waals surface area contributed by atoms with Crippen molar-refractivity contribution in [2.45, 2.75) is 32.0 Å². The molecule has 1 aromatic carbocycles. The molecule has 0 aliphatic carbocycles. The van der Waals surface area contributed by atoms with Crippen LogP contribution >= 0.6 is 0 Å². The van der Waals surface area contributed by atoms with Gasteiger partial charge in [-0.15, -0.1) is 0 Å². The van der Waals surface area contributed by atoms with Crippen LogP contribution in [0.4, 0.5) is 4.79 Å². The first kappa shape index (κ1) is 14.9. The van der Waals surface area contributed by atoms with Crippen molar-refractivity contribution in [3.8, 4) is 11.5 Å². The minimum absolute atomic E-state index is 0.155. The number of urea groups is 1. The maximum atomic E-state index is 12.7. The monoisotopic (exact) mass is 328 g/mol. The number of hydrogen-bond acceptors (Lipinski definition) is 4. The molecule has 3 heterocycles. The van der Waals surface area contributed by atoms with Crippen molar-refractivity contribution < 1.29 is 14.6 Å². The summed E-state index contributed by atoms with van der Waals surface area (Å²) in [5.41, 5.74) is 1.75. The van der Waals surface area contributed by atoms with Gasteiger partial charge in [-0.1, -0.05) is 0 Å². The number of phenolic OH excluding ortho intramolecular Hbond substituents is 1. The molecule has 0 saturated carbocycles. The highest BCUT2D eigenvalue weighted by Gasteiger charge is 2.53. The summed E-state index contributed by atoms with van der Waals surface area (Å²) >= 11 is 0. The van der Waals surface area contributed by atoms with E-state index in [-0.39, 0.29) is 17.8 Å². The van der Waals surface area contributed by atoms with Gasteiger partial charge in [-0.2, -0.15) is 5.10 Å². The summed E-state index contributed by atoms with van der Waals surface area (Å²) in [4.78, 5) is 14.4. The van der Waals surface area contributed by atoms with E-state index in [1.807, 2.05) is 27.1 Å². The third kappa shape index (κ3) is 1.90. The number of fused-ring (bicyclic) bond motifs is 4. The predicted molar refractivity (Wildman–Crippen MR) is 86.6 cm³/mol. The lowest BCUT2D eigenvalue weighted by Crippen LogP contribution is -2.64. The van der Waals surface area contributed by atoms with Gasteiger partial charge in [0.05, 0.1) is 17.8 Å². The molecule has 2 unspecified atom stereocenters. The van der Waals surface area contributed by atoms with Crippen LogP contribution in [0.5, 0.6) is 11.5 Å². The van der Waals surface area contributed by atoms with Gasteiger partial charge in [-0.3, -0.25) is 9.58 Å². The number of ether oxygens (including phenoxy) is 1. The van der Waals surface area contributed by atoms with Crippen LogP contribution in [0, 0.1) is 6.92 Å². The molecule has 2 amide bonds.